The number of nitrogens with zero attached hydrogens (tertiary/aromatic N) is 1. The Morgan fingerprint density at radius 2 is 2.21 bits per heavy atom. The van der Waals surface area contributed by atoms with E-state index < -0.39 is 0 Å². The third-order valence-corrected chi connectivity index (χ3v) is 4.61. The molecule has 2 aliphatic rings. The highest BCUT2D eigenvalue weighted by atomic mass is 79.9. The first-order valence-corrected chi connectivity index (χ1v) is 7.91. The van der Waals surface area contributed by atoms with E-state index in [1.54, 1.807) is 6.07 Å². The average Bonchev–Trinajstić information content (AvgIpc) is 3.19. The van der Waals surface area contributed by atoms with E-state index in [1.165, 1.54) is 12.8 Å². The maximum Gasteiger partial charge on any atom is 0.128 e. The smallest absolute Gasteiger partial charge is 0.128 e. The molecular formula is C15H20BrFN2. The molecule has 0 radical (unpaired) electrons. The lowest BCUT2D eigenvalue weighted by atomic mass is 10.1. The number of benzene rings is 1. The third-order valence-electron chi connectivity index (χ3n) is 4.11. The van der Waals surface area contributed by atoms with Gasteiger partial charge in [0.15, 0.2) is 0 Å². The van der Waals surface area contributed by atoms with Crippen LogP contribution < -0.4 is 5.32 Å². The van der Waals surface area contributed by atoms with E-state index in [1.807, 2.05) is 12.1 Å². The summed E-state index contributed by atoms with van der Waals surface area (Å²) in [5, 5.41) is 3.64. The molecule has 1 saturated carbocycles. The molecule has 19 heavy (non-hydrogen) atoms. The monoisotopic (exact) mass is 326 g/mol. The van der Waals surface area contributed by atoms with Crippen molar-refractivity contribution in [1.29, 1.82) is 0 Å². The molecule has 1 unspecified atom stereocenters. The van der Waals surface area contributed by atoms with Gasteiger partial charge < -0.3 is 5.32 Å². The van der Waals surface area contributed by atoms with Crippen LogP contribution >= 0.6 is 15.9 Å². The highest BCUT2D eigenvalue weighted by molar-refractivity contribution is 9.10. The Bertz CT molecular complexity index is 448. The van der Waals surface area contributed by atoms with Gasteiger partial charge in [0.05, 0.1) is 0 Å². The fourth-order valence-corrected chi connectivity index (χ4v) is 3.21. The standard InChI is InChI=1S/C15H20BrFN2/c16-13-5-4-12(14(17)8-13)9-19-7-1-6-18-15(10-19)11-2-3-11/h4-5,8,11,15,18H,1-3,6-7,9-10H2. The minimum absolute atomic E-state index is 0.102. The van der Waals surface area contributed by atoms with Crippen LogP contribution in [0.2, 0.25) is 0 Å². The molecule has 1 aromatic rings. The molecular weight excluding hydrogens is 307 g/mol. The van der Waals surface area contributed by atoms with E-state index >= 15 is 0 Å². The molecule has 0 bridgehead atoms. The van der Waals surface area contributed by atoms with Crippen LogP contribution in [-0.2, 0) is 6.54 Å². The Morgan fingerprint density at radius 1 is 1.37 bits per heavy atom. The van der Waals surface area contributed by atoms with Crippen molar-refractivity contribution in [1.82, 2.24) is 10.2 Å². The highest BCUT2D eigenvalue weighted by Crippen LogP contribution is 2.33. The molecule has 1 saturated heterocycles. The predicted octanol–water partition coefficient (Wildman–Crippen LogP) is 3.16. The molecule has 0 amide bonds. The first kappa shape index (κ1) is 13.5. The van der Waals surface area contributed by atoms with Crippen LogP contribution in [0.5, 0.6) is 0 Å². The summed E-state index contributed by atoms with van der Waals surface area (Å²) in [6.07, 6.45) is 3.87. The average molecular weight is 327 g/mol. The van der Waals surface area contributed by atoms with E-state index in [-0.39, 0.29) is 5.82 Å². The zero-order chi connectivity index (χ0) is 13.2. The van der Waals surface area contributed by atoms with Gasteiger partial charge in [0.25, 0.3) is 0 Å². The third kappa shape index (κ3) is 3.56. The maximum atomic E-state index is 13.9. The van der Waals surface area contributed by atoms with Gasteiger partial charge in [-0.05, 0) is 50.4 Å². The summed E-state index contributed by atoms with van der Waals surface area (Å²) in [6, 6.07) is 5.99. The Kier molecular flexibility index (Phi) is 4.20. The number of hydrogen-bond donors (Lipinski definition) is 1. The number of nitrogens with one attached hydrogen (secondary N) is 1. The normalized spacial score (nSPS) is 25.3. The second-order valence-electron chi connectivity index (χ2n) is 5.72. The summed E-state index contributed by atoms with van der Waals surface area (Å²) in [5.41, 5.74) is 0.805. The van der Waals surface area contributed by atoms with Gasteiger partial charge in [0.1, 0.15) is 5.82 Å². The van der Waals surface area contributed by atoms with E-state index in [4.69, 9.17) is 0 Å². The second kappa shape index (κ2) is 5.90. The lowest BCUT2D eigenvalue weighted by molar-refractivity contribution is 0.247. The maximum absolute atomic E-state index is 13.9. The fraction of sp³-hybridized carbons (Fsp3) is 0.600. The number of hydrogen-bond acceptors (Lipinski definition) is 2. The number of halogens is 2. The van der Waals surface area contributed by atoms with E-state index in [0.717, 1.165) is 48.6 Å². The van der Waals surface area contributed by atoms with Gasteiger partial charge in [-0.1, -0.05) is 22.0 Å². The summed E-state index contributed by atoms with van der Waals surface area (Å²) >= 11 is 3.31. The summed E-state index contributed by atoms with van der Waals surface area (Å²) in [5.74, 6) is 0.755. The van der Waals surface area contributed by atoms with Gasteiger partial charge in [-0.25, -0.2) is 4.39 Å². The SMILES string of the molecule is Fc1cc(Br)ccc1CN1CCCNC(C2CC2)C1. The number of rotatable bonds is 3. The summed E-state index contributed by atoms with van der Waals surface area (Å²) < 4.78 is 14.7. The summed E-state index contributed by atoms with van der Waals surface area (Å²) in [4.78, 5) is 2.40. The lowest BCUT2D eigenvalue weighted by Crippen LogP contribution is -2.39. The molecule has 1 heterocycles. The van der Waals surface area contributed by atoms with E-state index in [0.29, 0.717) is 6.04 Å². The molecule has 4 heteroatoms. The van der Waals surface area contributed by atoms with Crippen LogP contribution in [0.1, 0.15) is 24.8 Å². The fourth-order valence-electron chi connectivity index (χ4n) is 2.87. The van der Waals surface area contributed by atoms with Crippen molar-refractivity contribution in [2.24, 2.45) is 5.92 Å². The predicted molar refractivity (Wildman–Crippen MR) is 78.5 cm³/mol. The first-order valence-electron chi connectivity index (χ1n) is 7.12. The van der Waals surface area contributed by atoms with Crippen molar-refractivity contribution < 1.29 is 4.39 Å². The molecule has 1 aliphatic carbocycles. The van der Waals surface area contributed by atoms with Crippen molar-refractivity contribution in [2.45, 2.75) is 31.8 Å². The molecule has 1 aromatic carbocycles. The first-order chi connectivity index (χ1) is 9.22. The topological polar surface area (TPSA) is 15.3 Å². The second-order valence-corrected chi connectivity index (χ2v) is 6.64. The molecule has 2 fully saturated rings. The van der Waals surface area contributed by atoms with Gasteiger partial charge in [-0.15, -0.1) is 0 Å². The minimum Gasteiger partial charge on any atom is -0.312 e. The van der Waals surface area contributed by atoms with Crippen molar-refractivity contribution in [3.8, 4) is 0 Å². The van der Waals surface area contributed by atoms with Crippen LogP contribution in [0.15, 0.2) is 22.7 Å². The zero-order valence-electron chi connectivity index (χ0n) is 11.0. The molecule has 1 N–H and O–H groups in total. The molecule has 1 aliphatic heterocycles. The molecule has 0 aromatic heterocycles. The van der Waals surface area contributed by atoms with Gasteiger partial charge in [-0.3, -0.25) is 4.90 Å². The molecule has 0 spiro atoms. The quantitative estimate of drug-likeness (QED) is 0.917. The molecule has 2 nitrogen and oxygen atoms in total. The van der Waals surface area contributed by atoms with Crippen LogP contribution in [0, 0.1) is 11.7 Å². The van der Waals surface area contributed by atoms with Crippen LogP contribution in [0.4, 0.5) is 4.39 Å². The largest absolute Gasteiger partial charge is 0.312 e. The van der Waals surface area contributed by atoms with Crippen molar-refractivity contribution in [3.05, 3.63) is 34.1 Å². The van der Waals surface area contributed by atoms with Crippen LogP contribution in [0.3, 0.4) is 0 Å². The van der Waals surface area contributed by atoms with Gasteiger partial charge >= 0.3 is 0 Å². The van der Waals surface area contributed by atoms with Crippen molar-refractivity contribution in [3.63, 3.8) is 0 Å². The molecule has 104 valence electrons. The molecule has 1 atom stereocenters. The Labute approximate surface area is 122 Å². The Hall–Kier alpha value is -0.450. The van der Waals surface area contributed by atoms with Crippen LogP contribution in [-0.4, -0.2) is 30.6 Å². The molecule has 3 rings (SSSR count). The van der Waals surface area contributed by atoms with Crippen molar-refractivity contribution >= 4 is 15.9 Å². The lowest BCUT2D eigenvalue weighted by Gasteiger charge is -2.24. The summed E-state index contributed by atoms with van der Waals surface area (Å²) in [6.45, 7) is 3.94. The van der Waals surface area contributed by atoms with E-state index in [9.17, 15) is 4.39 Å². The van der Waals surface area contributed by atoms with Crippen LogP contribution in [0.25, 0.3) is 0 Å². The summed E-state index contributed by atoms with van der Waals surface area (Å²) in [7, 11) is 0. The van der Waals surface area contributed by atoms with Gasteiger partial charge in [0.2, 0.25) is 0 Å². The van der Waals surface area contributed by atoms with Crippen molar-refractivity contribution in [2.75, 3.05) is 19.6 Å². The highest BCUT2D eigenvalue weighted by Gasteiger charge is 2.33. The van der Waals surface area contributed by atoms with Gasteiger partial charge in [-0.2, -0.15) is 0 Å². The zero-order valence-corrected chi connectivity index (χ0v) is 12.6. The minimum atomic E-state index is -0.102. The Morgan fingerprint density at radius 3 is 2.95 bits per heavy atom. The van der Waals surface area contributed by atoms with E-state index in [2.05, 4.69) is 26.1 Å². The van der Waals surface area contributed by atoms with Gasteiger partial charge in [0, 0.05) is 29.2 Å². The Balaban J connectivity index is 1.66.